The summed E-state index contributed by atoms with van der Waals surface area (Å²) in [7, 11) is 0. The molecule has 7 heteroatoms. The number of benzene rings is 2. The van der Waals surface area contributed by atoms with Crippen molar-refractivity contribution >= 4 is 22.9 Å². The number of hydrogen-bond acceptors (Lipinski definition) is 5. The maximum atomic E-state index is 12.4. The van der Waals surface area contributed by atoms with E-state index in [0.29, 0.717) is 24.4 Å². The lowest BCUT2D eigenvalue weighted by Crippen LogP contribution is -2.44. The van der Waals surface area contributed by atoms with Gasteiger partial charge in [0.25, 0.3) is 5.56 Å². The van der Waals surface area contributed by atoms with Crippen LogP contribution in [-0.2, 0) is 0 Å². The Morgan fingerprint density at radius 1 is 1.10 bits per heavy atom. The molecule has 4 rings (SSSR count). The first-order valence-corrected chi connectivity index (χ1v) is 9.69. The molecule has 0 fully saturated rings. The molecule has 3 aromatic rings. The van der Waals surface area contributed by atoms with Crippen molar-refractivity contribution < 1.29 is 0 Å². The minimum Gasteiger partial charge on any atom is -0.340 e. The number of hydrogen-bond donors (Lipinski definition) is 2. The van der Waals surface area contributed by atoms with Gasteiger partial charge in [-0.3, -0.25) is 14.8 Å². The number of aromatic nitrogens is 1. The molecule has 7 nitrogen and oxygen atoms in total. The molecule has 0 amide bonds. The SMILES string of the molecule is CC(=N)N1c2ccc(-n3ccccc3=O)cc2N(c2ccc(C#N)cc2)CCC1N. The van der Waals surface area contributed by atoms with Crippen LogP contribution in [0.2, 0.25) is 0 Å². The van der Waals surface area contributed by atoms with Gasteiger partial charge in [-0.1, -0.05) is 6.07 Å². The zero-order chi connectivity index (χ0) is 21.3. The van der Waals surface area contributed by atoms with E-state index in [2.05, 4.69) is 11.0 Å². The number of nitrogens with two attached hydrogens (primary N) is 1. The summed E-state index contributed by atoms with van der Waals surface area (Å²) in [5.41, 5.74) is 10.2. The molecular weight excluding hydrogens is 376 g/mol. The third-order valence-electron chi connectivity index (χ3n) is 5.26. The van der Waals surface area contributed by atoms with Gasteiger partial charge in [0.1, 0.15) is 0 Å². The lowest BCUT2D eigenvalue weighted by molar-refractivity contribution is 0.645. The number of pyridine rings is 1. The molecule has 1 unspecified atom stereocenters. The van der Waals surface area contributed by atoms with E-state index >= 15 is 0 Å². The van der Waals surface area contributed by atoms with Crippen LogP contribution < -0.4 is 21.1 Å². The lowest BCUT2D eigenvalue weighted by Gasteiger charge is -2.30. The van der Waals surface area contributed by atoms with Gasteiger partial charge in [-0.15, -0.1) is 0 Å². The van der Waals surface area contributed by atoms with Crippen molar-refractivity contribution in [2.45, 2.75) is 19.5 Å². The molecule has 1 atom stereocenters. The van der Waals surface area contributed by atoms with Crippen LogP contribution in [0.1, 0.15) is 18.9 Å². The zero-order valence-corrected chi connectivity index (χ0v) is 16.6. The van der Waals surface area contributed by atoms with Crippen molar-refractivity contribution in [1.82, 2.24) is 4.57 Å². The fourth-order valence-electron chi connectivity index (χ4n) is 3.83. The van der Waals surface area contributed by atoms with Crippen LogP contribution in [0.25, 0.3) is 5.69 Å². The summed E-state index contributed by atoms with van der Waals surface area (Å²) in [5, 5.41) is 17.4. The van der Waals surface area contributed by atoms with Gasteiger partial charge in [-0.25, -0.2) is 0 Å². The van der Waals surface area contributed by atoms with Crippen molar-refractivity contribution in [3.8, 4) is 11.8 Å². The molecule has 0 saturated heterocycles. The molecule has 0 saturated carbocycles. The van der Waals surface area contributed by atoms with E-state index in [-0.39, 0.29) is 11.7 Å². The van der Waals surface area contributed by atoms with Crippen LogP contribution in [0, 0.1) is 16.7 Å². The molecule has 0 spiro atoms. The van der Waals surface area contributed by atoms with Gasteiger partial charge in [0.15, 0.2) is 0 Å². The maximum Gasteiger partial charge on any atom is 0.255 e. The normalized spacial score (nSPS) is 15.8. The first-order chi connectivity index (χ1) is 14.5. The Labute approximate surface area is 174 Å². The van der Waals surface area contributed by atoms with Crippen molar-refractivity contribution in [2.75, 3.05) is 16.3 Å². The third-order valence-corrected chi connectivity index (χ3v) is 5.26. The van der Waals surface area contributed by atoms with E-state index in [1.54, 1.807) is 35.9 Å². The molecule has 0 radical (unpaired) electrons. The molecule has 1 aliphatic rings. The second kappa shape index (κ2) is 7.85. The first-order valence-electron chi connectivity index (χ1n) is 9.69. The number of rotatable bonds is 2. The van der Waals surface area contributed by atoms with E-state index in [0.717, 1.165) is 22.7 Å². The predicted octanol–water partition coefficient (Wildman–Crippen LogP) is 3.34. The topological polar surface area (TPSA) is 102 Å². The average Bonchev–Trinajstić information content (AvgIpc) is 2.89. The number of nitriles is 1. The largest absolute Gasteiger partial charge is 0.340 e. The summed E-state index contributed by atoms with van der Waals surface area (Å²) in [5.74, 6) is 0.357. The quantitative estimate of drug-likeness (QED) is 0.509. The molecule has 30 heavy (non-hydrogen) atoms. The van der Waals surface area contributed by atoms with E-state index in [1.165, 1.54) is 6.07 Å². The number of fused-ring (bicyclic) bond motifs is 1. The highest BCUT2D eigenvalue weighted by Gasteiger charge is 2.28. The van der Waals surface area contributed by atoms with Crippen molar-refractivity contribution in [2.24, 2.45) is 5.73 Å². The van der Waals surface area contributed by atoms with Crippen molar-refractivity contribution in [3.05, 3.63) is 82.8 Å². The monoisotopic (exact) mass is 398 g/mol. The molecule has 2 heterocycles. The molecule has 3 N–H and O–H groups in total. The second-order valence-electron chi connectivity index (χ2n) is 7.20. The van der Waals surface area contributed by atoms with Gasteiger partial charge in [0.05, 0.1) is 40.7 Å². The molecule has 150 valence electrons. The summed E-state index contributed by atoms with van der Waals surface area (Å²) in [6, 6.07) is 20.3. The molecule has 2 aromatic carbocycles. The van der Waals surface area contributed by atoms with E-state index in [4.69, 9.17) is 16.4 Å². The zero-order valence-electron chi connectivity index (χ0n) is 16.6. The standard InChI is InChI=1S/C23H22N6O/c1-16(25)29-20-10-9-19(28-12-3-2-4-23(28)30)14-21(20)27(13-11-22(29)26)18-7-5-17(15-24)6-8-18/h2-10,12,14,22,25H,11,13,26H2,1H3. The molecule has 0 aliphatic carbocycles. The molecule has 1 aliphatic heterocycles. The highest BCUT2D eigenvalue weighted by atomic mass is 16.1. The van der Waals surface area contributed by atoms with Crippen LogP contribution in [0.5, 0.6) is 0 Å². The predicted molar refractivity (Wildman–Crippen MR) is 119 cm³/mol. The summed E-state index contributed by atoms with van der Waals surface area (Å²) in [6.45, 7) is 2.35. The summed E-state index contributed by atoms with van der Waals surface area (Å²) >= 11 is 0. The van der Waals surface area contributed by atoms with E-state index in [9.17, 15) is 4.79 Å². The fourth-order valence-corrected chi connectivity index (χ4v) is 3.83. The Balaban J connectivity index is 1.91. The smallest absolute Gasteiger partial charge is 0.255 e. The summed E-state index contributed by atoms with van der Waals surface area (Å²) in [4.78, 5) is 16.3. The first kappa shape index (κ1) is 19.4. The number of nitrogens with zero attached hydrogens (tertiary/aromatic N) is 4. The van der Waals surface area contributed by atoms with E-state index < -0.39 is 0 Å². The Bertz CT molecular complexity index is 1190. The summed E-state index contributed by atoms with van der Waals surface area (Å²) < 4.78 is 1.59. The Hall–Kier alpha value is -3.89. The van der Waals surface area contributed by atoms with Crippen LogP contribution >= 0.6 is 0 Å². The average molecular weight is 398 g/mol. The minimum absolute atomic E-state index is 0.118. The van der Waals surface area contributed by atoms with Crippen molar-refractivity contribution in [3.63, 3.8) is 0 Å². The minimum atomic E-state index is -0.338. The van der Waals surface area contributed by atoms with Crippen LogP contribution in [-0.4, -0.2) is 23.1 Å². The van der Waals surface area contributed by atoms with Gasteiger partial charge < -0.3 is 15.5 Å². The number of amidine groups is 1. The van der Waals surface area contributed by atoms with Gasteiger partial charge in [0.2, 0.25) is 0 Å². The van der Waals surface area contributed by atoms with E-state index in [1.807, 2.05) is 41.3 Å². The Morgan fingerprint density at radius 2 is 1.83 bits per heavy atom. The second-order valence-corrected chi connectivity index (χ2v) is 7.20. The van der Waals surface area contributed by atoms with Gasteiger partial charge in [0, 0.05) is 24.5 Å². The van der Waals surface area contributed by atoms with Crippen molar-refractivity contribution in [1.29, 1.82) is 10.7 Å². The molecule has 1 aromatic heterocycles. The molecular formula is C23H22N6O. The third kappa shape index (κ3) is 3.45. The van der Waals surface area contributed by atoms with Crippen LogP contribution in [0.15, 0.2) is 71.7 Å². The number of anilines is 3. The fraction of sp³-hybridized carbons (Fsp3) is 0.174. The van der Waals surface area contributed by atoms with Gasteiger partial charge >= 0.3 is 0 Å². The summed E-state index contributed by atoms with van der Waals surface area (Å²) in [6.07, 6.45) is 2.04. The number of nitrogens with one attached hydrogen (secondary N) is 1. The Morgan fingerprint density at radius 3 is 2.50 bits per heavy atom. The Kier molecular flexibility index (Phi) is 5.09. The highest BCUT2D eigenvalue weighted by Crippen LogP contribution is 2.39. The molecule has 0 bridgehead atoms. The maximum absolute atomic E-state index is 12.4. The lowest BCUT2D eigenvalue weighted by atomic mass is 10.1. The van der Waals surface area contributed by atoms with Gasteiger partial charge in [-0.2, -0.15) is 5.26 Å². The van der Waals surface area contributed by atoms with Gasteiger partial charge in [-0.05, 0) is 61.9 Å². The van der Waals surface area contributed by atoms with Crippen LogP contribution in [0.3, 0.4) is 0 Å². The van der Waals surface area contributed by atoms with Crippen LogP contribution in [0.4, 0.5) is 17.1 Å². The highest BCUT2D eigenvalue weighted by molar-refractivity contribution is 5.99.